The molecule has 0 aromatic heterocycles. The second kappa shape index (κ2) is 31.3. The van der Waals surface area contributed by atoms with Crippen LogP contribution in [0.15, 0.2) is 0 Å². The second-order valence-electron chi connectivity index (χ2n) is 13.1. The van der Waals surface area contributed by atoms with E-state index in [0.717, 1.165) is 38.5 Å². The lowest BCUT2D eigenvalue weighted by atomic mass is 10.0. The lowest BCUT2D eigenvalue weighted by Crippen LogP contribution is -2.42. The number of unbranched alkanes of at least 4 members (excludes halogenated alkanes) is 25. The Kier molecular flexibility index (Phi) is 30.8. The Bertz CT molecular complexity index is 700. The van der Waals surface area contributed by atoms with Gasteiger partial charge in [0.1, 0.15) is 5.25 Å². The summed E-state index contributed by atoms with van der Waals surface area (Å²) in [5.74, 6) is -0.119. The predicted molar refractivity (Wildman–Crippen MR) is 184 cm³/mol. The molecule has 43 heavy (non-hydrogen) atoms. The highest BCUT2D eigenvalue weighted by molar-refractivity contribution is 7.86. The third-order valence-corrected chi connectivity index (χ3v) is 10.2. The minimum absolute atomic E-state index is 0.0326. The number of carbonyl (C=O) groups excluding carboxylic acids is 1. The van der Waals surface area contributed by atoms with Crippen LogP contribution in [0.5, 0.6) is 0 Å². The molecular weight excluding hydrogens is 558 g/mol. The van der Waals surface area contributed by atoms with Crippen molar-refractivity contribution in [1.82, 2.24) is 4.90 Å². The number of hydrogen-bond donors (Lipinski definition) is 2. The fraction of sp³-hybridized carbons (Fsp3) is 0.972. The van der Waals surface area contributed by atoms with Crippen LogP contribution in [0.2, 0.25) is 0 Å². The molecule has 6 nitrogen and oxygen atoms in total. The molecule has 0 aromatic carbocycles. The van der Waals surface area contributed by atoms with E-state index in [-0.39, 0.29) is 25.6 Å². The SMILES string of the molecule is CCCCCCCCCCCCCCCCC(CN(CCO)C(=O)CCCCCCCCCCCCCCC)S(=O)(=O)O. The third kappa shape index (κ3) is 28.5. The van der Waals surface area contributed by atoms with Crippen molar-refractivity contribution in [2.75, 3.05) is 19.7 Å². The number of rotatable bonds is 34. The van der Waals surface area contributed by atoms with Crippen molar-refractivity contribution in [2.45, 2.75) is 205 Å². The van der Waals surface area contributed by atoms with Crippen molar-refractivity contribution in [3.05, 3.63) is 0 Å². The van der Waals surface area contributed by atoms with Crippen LogP contribution in [-0.2, 0) is 14.9 Å². The van der Waals surface area contributed by atoms with E-state index in [9.17, 15) is 22.9 Å². The molecule has 0 spiro atoms. The first-order valence-corrected chi connectivity index (χ1v) is 20.2. The Morgan fingerprint density at radius 1 is 0.558 bits per heavy atom. The van der Waals surface area contributed by atoms with Crippen molar-refractivity contribution >= 4 is 16.0 Å². The van der Waals surface area contributed by atoms with Crippen LogP contribution in [0, 0.1) is 0 Å². The quantitative estimate of drug-likeness (QED) is 0.0544. The van der Waals surface area contributed by atoms with Crippen LogP contribution in [0.3, 0.4) is 0 Å². The first kappa shape index (κ1) is 42.3. The largest absolute Gasteiger partial charge is 0.395 e. The van der Waals surface area contributed by atoms with Gasteiger partial charge >= 0.3 is 0 Å². The molecule has 0 saturated carbocycles. The molecule has 1 atom stereocenters. The molecule has 1 amide bonds. The number of hydrogen-bond acceptors (Lipinski definition) is 4. The van der Waals surface area contributed by atoms with E-state index in [4.69, 9.17) is 0 Å². The summed E-state index contributed by atoms with van der Waals surface area (Å²) in [4.78, 5) is 14.3. The predicted octanol–water partition coefficient (Wildman–Crippen LogP) is 10.4. The number of aliphatic hydroxyl groups is 1. The van der Waals surface area contributed by atoms with Gasteiger partial charge < -0.3 is 10.0 Å². The normalized spacial score (nSPS) is 12.6. The van der Waals surface area contributed by atoms with Crippen LogP contribution in [0.1, 0.15) is 200 Å². The van der Waals surface area contributed by atoms with E-state index >= 15 is 0 Å². The highest BCUT2D eigenvalue weighted by Gasteiger charge is 2.27. The average Bonchev–Trinajstić information content (AvgIpc) is 2.97. The molecule has 0 aliphatic rings. The lowest BCUT2D eigenvalue weighted by Gasteiger charge is -2.26. The van der Waals surface area contributed by atoms with E-state index in [1.165, 1.54) is 140 Å². The zero-order chi connectivity index (χ0) is 31.9. The summed E-state index contributed by atoms with van der Waals surface area (Å²) >= 11 is 0. The van der Waals surface area contributed by atoms with Crippen molar-refractivity contribution in [1.29, 1.82) is 0 Å². The van der Waals surface area contributed by atoms with E-state index in [0.29, 0.717) is 12.8 Å². The average molecular weight is 632 g/mol. The fourth-order valence-corrected chi connectivity index (χ4v) is 6.87. The van der Waals surface area contributed by atoms with Crippen molar-refractivity contribution < 1.29 is 22.9 Å². The van der Waals surface area contributed by atoms with Crippen molar-refractivity contribution in [3.8, 4) is 0 Å². The number of amides is 1. The van der Waals surface area contributed by atoms with Gasteiger partial charge in [0.05, 0.1) is 6.61 Å². The van der Waals surface area contributed by atoms with Gasteiger partial charge in [-0.3, -0.25) is 9.35 Å². The zero-order valence-corrected chi connectivity index (χ0v) is 29.5. The highest BCUT2D eigenvalue weighted by Crippen LogP contribution is 2.18. The van der Waals surface area contributed by atoms with Gasteiger partial charge in [-0.05, 0) is 12.8 Å². The molecule has 7 heteroatoms. The standard InChI is InChI=1S/C36H73NO5S/c1-3-5-7-9-11-13-15-17-19-20-22-24-26-28-30-35(43(40,41)42)34-37(32-33-38)36(39)31-29-27-25-23-21-18-16-14-12-10-8-6-4-2/h35,38H,3-34H2,1-2H3,(H,40,41,42). The Morgan fingerprint density at radius 3 is 1.21 bits per heavy atom. The highest BCUT2D eigenvalue weighted by atomic mass is 32.2. The zero-order valence-electron chi connectivity index (χ0n) is 28.7. The van der Waals surface area contributed by atoms with Crippen LogP contribution in [0.25, 0.3) is 0 Å². The Morgan fingerprint density at radius 2 is 0.884 bits per heavy atom. The minimum Gasteiger partial charge on any atom is -0.395 e. The summed E-state index contributed by atoms with van der Waals surface area (Å²) in [6.07, 6.45) is 34.1. The Balaban J connectivity index is 4.05. The van der Waals surface area contributed by atoms with Gasteiger partial charge in [-0.25, -0.2) is 0 Å². The first-order valence-electron chi connectivity index (χ1n) is 18.7. The third-order valence-electron chi connectivity index (χ3n) is 8.94. The van der Waals surface area contributed by atoms with Crippen LogP contribution >= 0.6 is 0 Å². The Labute approximate surface area is 268 Å². The molecule has 0 aliphatic carbocycles. The van der Waals surface area contributed by atoms with E-state index in [1.807, 2.05) is 0 Å². The molecule has 258 valence electrons. The van der Waals surface area contributed by atoms with Gasteiger partial charge in [-0.1, -0.05) is 181 Å². The van der Waals surface area contributed by atoms with Gasteiger partial charge in [0.25, 0.3) is 10.1 Å². The molecule has 0 heterocycles. The molecule has 0 fully saturated rings. The summed E-state index contributed by atoms with van der Waals surface area (Å²) in [6, 6.07) is 0. The number of aliphatic hydroxyl groups excluding tert-OH is 1. The van der Waals surface area contributed by atoms with Gasteiger partial charge in [0.2, 0.25) is 5.91 Å². The summed E-state index contributed by atoms with van der Waals surface area (Å²) in [7, 11) is -4.25. The van der Waals surface area contributed by atoms with E-state index < -0.39 is 15.4 Å². The number of carbonyl (C=O) groups is 1. The summed E-state index contributed by atoms with van der Waals surface area (Å²) in [6.45, 7) is 4.38. The van der Waals surface area contributed by atoms with Gasteiger partial charge in [-0.15, -0.1) is 0 Å². The topological polar surface area (TPSA) is 94.9 Å². The number of nitrogens with zero attached hydrogens (tertiary/aromatic N) is 1. The Hall–Kier alpha value is -0.660. The molecule has 0 aromatic rings. The molecular formula is C36H73NO5S. The fourth-order valence-electron chi connectivity index (χ4n) is 6.04. The van der Waals surface area contributed by atoms with Crippen molar-refractivity contribution in [2.24, 2.45) is 0 Å². The van der Waals surface area contributed by atoms with Gasteiger partial charge in [-0.2, -0.15) is 8.42 Å². The first-order chi connectivity index (χ1) is 20.9. The summed E-state index contributed by atoms with van der Waals surface area (Å²) in [5.41, 5.74) is 0. The van der Waals surface area contributed by atoms with Crippen molar-refractivity contribution in [3.63, 3.8) is 0 Å². The molecule has 0 aliphatic heterocycles. The molecule has 1 unspecified atom stereocenters. The summed E-state index contributed by atoms with van der Waals surface area (Å²) < 4.78 is 34.0. The minimum atomic E-state index is -4.25. The second-order valence-corrected chi connectivity index (χ2v) is 14.8. The van der Waals surface area contributed by atoms with Gasteiger partial charge in [0, 0.05) is 19.5 Å². The summed E-state index contributed by atoms with van der Waals surface area (Å²) in [5, 5.41) is 8.51. The molecule has 2 N–H and O–H groups in total. The molecule has 0 rings (SSSR count). The van der Waals surface area contributed by atoms with Crippen LogP contribution in [0.4, 0.5) is 0 Å². The monoisotopic (exact) mass is 632 g/mol. The van der Waals surface area contributed by atoms with Crippen LogP contribution in [-0.4, -0.2) is 53.8 Å². The maximum absolute atomic E-state index is 12.8. The maximum atomic E-state index is 12.8. The van der Waals surface area contributed by atoms with Crippen LogP contribution < -0.4 is 0 Å². The lowest BCUT2D eigenvalue weighted by molar-refractivity contribution is -0.131. The van der Waals surface area contributed by atoms with E-state index in [1.54, 1.807) is 0 Å². The molecule has 0 saturated heterocycles. The van der Waals surface area contributed by atoms with E-state index in [2.05, 4.69) is 13.8 Å². The maximum Gasteiger partial charge on any atom is 0.269 e. The molecule has 0 radical (unpaired) electrons. The smallest absolute Gasteiger partial charge is 0.269 e. The molecule has 0 bridgehead atoms. The van der Waals surface area contributed by atoms with Gasteiger partial charge in [0.15, 0.2) is 0 Å².